The standard InChI is InChI=1S/C24H27N3O6/c1-14(23(31)27(2)3)25-22(30)20(12-21(28)29)26-24(32)33-13-19-17-10-6-4-8-15(17)16-9-5-7-11-18(16)19/h4-11,14,19-20H,12-13H2,1-3H3,(H,25,30)(H,26,32)(H,28,29)/t14-,20?/m0/s1. The molecule has 9 nitrogen and oxygen atoms in total. The summed E-state index contributed by atoms with van der Waals surface area (Å²) < 4.78 is 5.39. The first-order valence-electron chi connectivity index (χ1n) is 10.5. The molecule has 33 heavy (non-hydrogen) atoms. The van der Waals surface area contributed by atoms with Crippen LogP contribution < -0.4 is 10.6 Å². The molecule has 1 aliphatic rings. The molecule has 0 fully saturated rings. The predicted octanol–water partition coefficient (Wildman–Crippen LogP) is 1.96. The van der Waals surface area contributed by atoms with Crippen molar-refractivity contribution >= 4 is 23.9 Å². The van der Waals surface area contributed by atoms with E-state index in [9.17, 15) is 19.2 Å². The molecule has 0 saturated carbocycles. The van der Waals surface area contributed by atoms with Crippen molar-refractivity contribution in [1.29, 1.82) is 0 Å². The third kappa shape index (κ3) is 5.49. The second-order valence-electron chi connectivity index (χ2n) is 8.08. The van der Waals surface area contributed by atoms with Crippen LogP contribution >= 0.6 is 0 Å². The van der Waals surface area contributed by atoms with Crippen LogP contribution in [-0.4, -0.2) is 66.7 Å². The van der Waals surface area contributed by atoms with Crippen molar-refractivity contribution in [3.8, 4) is 11.1 Å². The number of hydrogen-bond donors (Lipinski definition) is 3. The van der Waals surface area contributed by atoms with Crippen molar-refractivity contribution in [2.24, 2.45) is 0 Å². The summed E-state index contributed by atoms with van der Waals surface area (Å²) in [6.45, 7) is 1.50. The number of aliphatic carboxylic acids is 1. The summed E-state index contributed by atoms with van der Waals surface area (Å²) in [7, 11) is 3.07. The van der Waals surface area contributed by atoms with Gasteiger partial charge in [0.25, 0.3) is 0 Å². The zero-order valence-corrected chi connectivity index (χ0v) is 18.7. The van der Waals surface area contributed by atoms with E-state index in [1.807, 2.05) is 48.5 Å². The predicted molar refractivity (Wildman–Crippen MR) is 121 cm³/mol. The quantitative estimate of drug-likeness (QED) is 0.561. The molecule has 2 aromatic rings. The highest BCUT2D eigenvalue weighted by molar-refractivity contribution is 5.93. The van der Waals surface area contributed by atoms with Crippen molar-refractivity contribution < 1.29 is 29.0 Å². The van der Waals surface area contributed by atoms with Crippen LogP contribution in [0.1, 0.15) is 30.4 Å². The van der Waals surface area contributed by atoms with Crippen LogP contribution in [0.3, 0.4) is 0 Å². The number of alkyl carbamates (subject to hydrolysis) is 1. The normalized spacial score (nSPS) is 13.8. The number of nitrogens with one attached hydrogen (secondary N) is 2. The lowest BCUT2D eigenvalue weighted by Gasteiger charge is -2.22. The maximum atomic E-state index is 12.5. The first-order chi connectivity index (χ1) is 15.7. The van der Waals surface area contributed by atoms with Crippen molar-refractivity contribution in [3.63, 3.8) is 0 Å². The summed E-state index contributed by atoms with van der Waals surface area (Å²) in [5.74, 6) is -2.60. The average Bonchev–Trinajstić information content (AvgIpc) is 3.10. The molecule has 0 saturated heterocycles. The lowest BCUT2D eigenvalue weighted by atomic mass is 9.98. The third-order valence-corrected chi connectivity index (χ3v) is 5.50. The van der Waals surface area contributed by atoms with Crippen molar-refractivity contribution in [2.75, 3.05) is 20.7 Å². The molecule has 0 radical (unpaired) electrons. The van der Waals surface area contributed by atoms with Gasteiger partial charge in [0.15, 0.2) is 0 Å². The number of carbonyl (C=O) groups excluding carboxylic acids is 3. The van der Waals surface area contributed by atoms with Gasteiger partial charge in [-0.1, -0.05) is 48.5 Å². The van der Waals surface area contributed by atoms with Gasteiger partial charge in [0, 0.05) is 20.0 Å². The molecule has 0 spiro atoms. The molecule has 3 amide bonds. The van der Waals surface area contributed by atoms with Gasteiger partial charge >= 0.3 is 12.1 Å². The van der Waals surface area contributed by atoms with E-state index in [1.54, 1.807) is 0 Å². The van der Waals surface area contributed by atoms with Crippen LogP contribution in [0.2, 0.25) is 0 Å². The summed E-state index contributed by atoms with van der Waals surface area (Å²) >= 11 is 0. The molecular formula is C24H27N3O6. The Bertz CT molecular complexity index is 1020. The number of amides is 3. The zero-order chi connectivity index (χ0) is 24.1. The molecule has 1 unspecified atom stereocenters. The number of carboxylic acid groups (broad SMARTS) is 1. The molecule has 0 aliphatic heterocycles. The maximum Gasteiger partial charge on any atom is 0.407 e. The number of nitrogens with zero attached hydrogens (tertiary/aromatic N) is 1. The fourth-order valence-corrected chi connectivity index (χ4v) is 3.93. The molecule has 1 aliphatic carbocycles. The minimum Gasteiger partial charge on any atom is -0.481 e. The van der Waals surface area contributed by atoms with Crippen LogP contribution in [0, 0.1) is 0 Å². The minimum atomic E-state index is -1.39. The number of carbonyl (C=O) groups is 4. The van der Waals surface area contributed by atoms with Gasteiger partial charge in [-0.05, 0) is 29.2 Å². The largest absolute Gasteiger partial charge is 0.481 e. The lowest BCUT2D eigenvalue weighted by Crippen LogP contribution is -2.53. The van der Waals surface area contributed by atoms with E-state index < -0.39 is 36.5 Å². The summed E-state index contributed by atoms with van der Waals surface area (Å²) in [5, 5.41) is 13.9. The molecule has 0 heterocycles. The van der Waals surface area contributed by atoms with Crippen LogP contribution in [0.25, 0.3) is 11.1 Å². The van der Waals surface area contributed by atoms with E-state index in [4.69, 9.17) is 9.84 Å². The van der Waals surface area contributed by atoms with Gasteiger partial charge < -0.3 is 25.4 Å². The van der Waals surface area contributed by atoms with Crippen molar-refractivity contribution in [3.05, 3.63) is 59.7 Å². The molecule has 3 rings (SSSR count). The summed E-state index contributed by atoms with van der Waals surface area (Å²) in [6.07, 6.45) is -1.57. The van der Waals surface area contributed by atoms with Crippen molar-refractivity contribution in [1.82, 2.24) is 15.5 Å². The summed E-state index contributed by atoms with van der Waals surface area (Å²) in [4.78, 5) is 49.5. The van der Waals surface area contributed by atoms with Gasteiger partial charge in [-0.15, -0.1) is 0 Å². The van der Waals surface area contributed by atoms with Crippen LogP contribution in [0.5, 0.6) is 0 Å². The Morgan fingerprint density at radius 2 is 1.52 bits per heavy atom. The van der Waals surface area contributed by atoms with Gasteiger partial charge in [0.2, 0.25) is 11.8 Å². The smallest absolute Gasteiger partial charge is 0.407 e. The van der Waals surface area contributed by atoms with Gasteiger partial charge in [-0.2, -0.15) is 0 Å². The molecule has 3 N–H and O–H groups in total. The Hall–Kier alpha value is -3.88. The summed E-state index contributed by atoms with van der Waals surface area (Å²) in [6, 6.07) is 13.4. The number of carboxylic acids is 1. The second-order valence-corrected chi connectivity index (χ2v) is 8.08. The maximum absolute atomic E-state index is 12.5. The van der Waals surface area contributed by atoms with E-state index in [-0.39, 0.29) is 18.4 Å². The number of ether oxygens (including phenoxy) is 1. The number of likely N-dealkylation sites (N-methyl/N-ethyl adjacent to an activating group) is 1. The lowest BCUT2D eigenvalue weighted by molar-refractivity contribution is -0.140. The first kappa shape index (κ1) is 23.8. The number of benzene rings is 2. The van der Waals surface area contributed by atoms with E-state index >= 15 is 0 Å². The molecule has 2 atom stereocenters. The van der Waals surface area contributed by atoms with E-state index in [1.165, 1.54) is 25.9 Å². The van der Waals surface area contributed by atoms with E-state index in [0.29, 0.717) is 0 Å². The fraction of sp³-hybridized carbons (Fsp3) is 0.333. The molecular weight excluding hydrogens is 426 g/mol. The Balaban J connectivity index is 1.66. The van der Waals surface area contributed by atoms with Crippen LogP contribution in [0.15, 0.2) is 48.5 Å². The number of hydrogen-bond acceptors (Lipinski definition) is 5. The fourth-order valence-electron chi connectivity index (χ4n) is 3.93. The Morgan fingerprint density at radius 1 is 0.970 bits per heavy atom. The van der Waals surface area contributed by atoms with Gasteiger partial charge in [-0.3, -0.25) is 14.4 Å². The monoisotopic (exact) mass is 453 g/mol. The Morgan fingerprint density at radius 3 is 2.03 bits per heavy atom. The van der Waals surface area contributed by atoms with Crippen molar-refractivity contribution in [2.45, 2.75) is 31.3 Å². The van der Waals surface area contributed by atoms with Gasteiger partial charge in [0.05, 0.1) is 6.42 Å². The highest BCUT2D eigenvalue weighted by atomic mass is 16.5. The van der Waals surface area contributed by atoms with E-state index in [0.717, 1.165) is 22.3 Å². The highest BCUT2D eigenvalue weighted by Gasteiger charge is 2.31. The minimum absolute atomic E-state index is 0.0246. The Kier molecular flexibility index (Phi) is 7.32. The second kappa shape index (κ2) is 10.2. The van der Waals surface area contributed by atoms with Gasteiger partial charge in [0.1, 0.15) is 18.7 Å². The molecule has 174 valence electrons. The summed E-state index contributed by atoms with van der Waals surface area (Å²) in [5.41, 5.74) is 4.21. The Labute approximate surface area is 191 Å². The topological polar surface area (TPSA) is 125 Å². The van der Waals surface area contributed by atoms with Crippen LogP contribution in [-0.2, 0) is 19.1 Å². The molecule has 2 aromatic carbocycles. The van der Waals surface area contributed by atoms with E-state index in [2.05, 4.69) is 10.6 Å². The molecule has 9 heteroatoms. The molecule has 0 bridgehead atoms. The number of fused-ring (bicyclic) bond motifs is 3. The third-order valence-electron chi connectivity index (χ3n) is 5.50. The molecule has 0 aromatic heterocycles. The zero-order valence-electron chi connectivity index (χ0n) is 18.7. The highest BCUT2D eigenvalue weighted by Crippen LogP contribution is 2.44. The van der Waals surface area contributed by atoms with Crippen LogP contribution in [0.4, 0.5) is 4.79 Å². The average molecular weight is 453 g/mol. The number of rotatable bonds is 8. The first-order valence-corrected chi connectivity index (χ1v) is 10.5. The van der Waals surface area contributed by atoms with Gasteiger partial charge in [-0.25, -0.2) is 4.79 Å². The SMILES string of the molecule is C[C@H](NC(=O)C(CC(=O)O)NC(=O)OCC1c2ccccc2-c2ccccc21)C(=O)N(C)C.